The van der Waals surface area contributed by atoms with Crippen LogP contribution in [-0.4, -0.2) is 11.6 Å². The molecule has 2 atom stereocenters. The molecule has 2 aliphatic carbocycles. The van der Waals surface area contributed by atoms with Crippen molar-refractivity contribution in [3.63, 3.8) is 0 Å². The van der Waals surface area contributed by atoms with Crippen molar-refractivity contribution in [2.24, 2.45) is 11.8 Å². The zero-order valence-electron chi connectivity index (χ0n) is 9.71. The molecule has 94 valence electrons. The van der Waals surface area contributed by atoms with Crippen LogP contribution < -0.4 is 0 Å². The standard InChI is InChI=1S/C14H12I2O2/c15-7-5-10-12(11(16)6-7)14(18)9-4-2-1-3-8(9)13(10)17/h5-6,8-9H,1-4H2. The third-order valence-electron chi connectivity index (χ3n) is 4.01. The summed E-state index contributed by atoms with van der Waals surface area (Å²) in [5.74, 6) is 0.306. The maximum Gasteiger partial charge on any atom is 0.168 e. The van der Waals surface area contributed by atoms with Gasteiger partial charge in [0, 0.05) is 30.1 Å². The van der Waals surface area contributed by atoms with Gasteiger partial charge in [0.2, 0.25) is 0 Å². The number of Topliss-reactive ketones (excluding diaryl/α,β-unsaturated/α-hetero) is 2. The summed E-state index contributed by atoms with van der Waals surface area (Å²) < 4.78 is 1.96. The second-order valence-electron chi connectivity index (χ2n) is 5.04. The Hall–Kier alpha value is 0.0200. The van der Waals surface area contributed by atoms with Crippen LogP contribution in [-0.2, 0) is 0 Å². The van der Waals surface area contributed by atoms with E-state index in [2.05, 4.69) is 45.2 Å². The van der Waals surface area contributed by atoms with Gasteiger partial charge in [-0.1, -0.05) is 12.8 Å². The van der Waals surface area contributed by atoms with Crippen molar-refractivity contribution in [1.82, 2.24) is 0 Å². The summed E-state index contributed by atoms with van der Waals surface area (Å²) in [4.78, 5) is 25.1. The minimum Gasteiger partial charge on any atom is -0.294 e. The van der Waals surface area contributed by atoms with Gasteiger partial charge in [-0.25, -0.2) is 0 Å². The number of hydrogen-bond acceptors (Lipinski definition) is 2. The Morgan fingerprint density at radius 3 is 2.22 bits per heavy atom. The number of ketones is 2. The van der Waals surface area contributed by atoms with Gasteiger partial charge in [-0.2, -0.15) is 0 Å². The lowest BCUT2D eigenvalue weighted by molar-refractivity contribution is 0.0676. The van der Waals surface area contributed by atoms with Crippen molar-refractivity contribution >= 4 is 56.7 Å². The fourth-order valence-electron chi connectivity index (χ4n) is 3.16. The SMILES string of the molecule is O=C1c2cc(I)cc(I)c2C(=O)C2CCCCC12. The zero-order chi connectivity index (χ0) is 12.9. The average Bonchev–Trinajstić information content (AvgIpc) is 2.35. The molecule has 0 radical (unpaired) electrons. The molecule has 1 aromatic rings. The molecule has 0 aliphatic heterocycles. The number of hydrogen-bond donors (Lipinski definition) is 0. The van der Waals surface area contributed by atoms with E-state index < -0.39 is 0 Å². The van der Waals surface area contributed by atoms with E-state index in [0.29, 0.717) is 11.1 Å². The number of benzene rings is 1. The van der Waals surface area contributed by atoms with Crippen LogP contribution in [0, 0.1) is 19.0 Å². The fourth-order valence-corrected chi connectivity index (χ4v) is 5.27. The van der Waals surface area contributed by atoms with Gasteiger partial charge in [0.05, 0.1) is 0 Å². The molecule has 3 rings (SSSR count). The Morgan fingerprint density at radius 1 is 0.944 bits per heavy atom. The van der Waals surface area contributed by atoms with Crippen LogP contribution in [0.4, 0.5) is 0 Å². The fraction of sp³-hybridized carbons (Fsp3) is 0.429. The summed E-state index contributed by atoms with van der Waals surface area (Å²) in [5.41, 5.74) is 1.35. The first-order valence-electron chi connectivity index (χ1n) is 6.17. The first kappa shape index (κ1) is 13.0. The van der Waals surface area contributed by atoms with E-state index in [1.54, 1.807) is 0 Å². The summed E-state index contributed by atoms with van der Waals surface area (Å²) in [5, 5.41) is 0. The van der Waals surface area contributed by atoms with Gasteiger partial charge in [0.25, 0.3) is 0 Å². The molecule has 1 saturated carbocycles. The molecule has 2 unspecified atom stereocenters. The van der Waals surface area contributed by atoms with E-state index in [9.17, 15) is 9.59 Å². The molecule has 0 amide bonds. The molecule has 0 heterocycles. The Kier molecular flexibility index (Phi) is 3.51. The van der Waals surface area contributed by atoms with Crippen LogP contribution in [0.5, 0.6) is 0 Å². The van der Waals surface area contributed by atoms with Gasteiger partial charge < -0.3 is 0 Å². The van der Waals surface area contributed by atoms with Crippen LogP contribution in [0.1, 0.15) is 46.4 Å². The molecule has 1 aromatic carbocycles. The zero-order valence-corrected chi connectivity index (χ0v) is 14.0. The molecule has 0 saturated heterocycles. The Morgan fingerprint density at radius 2 is 1.56 bits per heavy atom. The predicted octanol–water partition coefficient (Wildman–Crippen LogP) is 4.08. The Balaban J connectivity index is 2.19. The first-order valence-corrected chi connectivity index (χ1v) is 8.33. The number of carbonyl (C=O) groups excluding carboxylic acids is 2. The quantitative estimate of drug-likeness (QED) is 0.541. The summed E-state index contributed by atoms with van der Waals surface area (Å²) in [6.07, 6.45) is 3.93. The van der Waals surface area contributed by atoms with Crippen LogP contribution in [0.15, 0.2) is 12.1 Å². The predicted molar refractivity (Wildman–Crippen MR) is 86.0 cm³/mol. The molecular weight excluding hydrogens is 454 g/mol. The van der Waals surface area contributed by atoms with Crippen molar-refractivity contribution in [2.75, 3.05) is 0 Å². The third-order valence-corrected chi connectivity index (χ3v) is 5.48. The van der Waals surface area contributed by atoms with Crippen molar-refractivity contribution in [3.8, 4) is 0 Å². The highest BCUT2D eigenvalue weighted by Crippen LogP contribution is 2.41. The number of carbonyl (C=O) groups is 2. The topological polar surface area (TPSA) is 34.1 Å². The molecule has 1 fully saturated rings. The summed E-state index contributed by atoms with van der Waals surface area (Å²) in [6, 6.07) is 3.86. The highest BCUT2D eigenvalue weighted by atomic mass is 127. The van der Waals surface area contributed by atoms with Gasteiger partial charge >= 0.3 is 0 Å². The second-order valence-corrected chi connectivity index (χ2v) is 7.44. The number of rotatable bonds is 0. The minimum atomic E-state index is -0.0488. The normalized spacial score (nSPS) is 26.8. The lowest BCUT2D eigenvalue weighted by Gasteiger charge is -2.34. The summed E-state index contributed by atoms with van der Waals surface area (Å²) in [6.45, 7) is 0. The van der Waals surface area contributed by atoms with Crippen molar-refractivity contribution in [3.05, 3.63) is 30.4 Å². The minimum absolute atomic E-state index is 0.0484. The average molecular weight is 466 g/mol. The molecule has 0 aromatic heterocycles. The number of fused-ring (bicyclic) bond motifs is 2. The number of halogens is 2. The van der Waals surface area contributed by atoms with Crippen LogP contribution >= 0.6 is 45.2 Å². The van der Waals surface area contributed by atoms with Crippen LogP contribution in [0.3, 0.4) is 0 Å². The highest BCUT2D eigenvalue weighted by molar-refractivity contribution is 14.1. The molecule has 18 heavy (non-hydrogen) atoms. The van der Waals surface area contributed by atoms with Crippen molar-refractivity contribution in [1.29, 1.82) is 0 Å². The van der Waals surface area contributed by atoms with E-state index in [4.69, 9.17) is 0 Å². The smallest absolute Gasteiger partial charge is 0.168 e. The Labute approximate surface area is 133 Å². The van der Waals surface area contributed by atoms with Gasteiger partial charge in [-0.15, -0.1) is 0 Å². The lowest BCUT2D eigenvalue weighted by Crippen LogP contribution is -2.39. The Bertz CT molecular complexity index is 551. The van der Waals surface area contributed by atoms with Gasteiger partial charge in [0.15, 0.2) is 11.6 Å². The molecule has 4 heteroatoms. The molecule has 0 N–H and O–H groups in total. The summed E-state index contributed by atoms with van der Waals surface area (Å²) in [7, 11) is 0. The maximum atomic E-state index is 12.6. The van der Waals surface area contributed by atoms with Gasteiger partial charge in [-0.3, -0.25) is 9.59 Å². The summed E-state index contributed by atoms with van der Waals surface area (Å²) >= 11 is 4.39. The van der Waals surface area contributed by atoms with Crippen molar-refractivity contribution < 1.29 is 9.59 Å². The van der Waals surface area contributed by atoms with E-state index in [1.807, 2.05) is 12.1 Å². The first-order chi connectivity index (χ1) is 8.59. The maximum absolute atomic E-state index is 12.6. The van der Waals surface area contributed by atoms with Crippen molar-refractivity contribution in [2.45, 2.75) is 25.7 Å². The molecule has 2 nitrogen and oxygen atoms in total. The van der Waals surface area contributed by atoms with E-state index >= 15 is 0 Å². The van der Waals surface area contributed by atoms with E-state index in [1.165, 1.54) is 0 Å². The third kappa shape index (κ3) is 1.95. The van der Waals surface area contributed by atoms with Gasteiger partial charge in [-0.05, 0) is 70.2 Å². The molecule has 0 bridgehead atoms. The lowest BCUT2D eigenvalue weighted by atomic mass is 9.67. The molecular formula is C14H12I2O2. The molecule has 0 spiro atoms. The van der Waals surface area contributed by atoms with Crippen LogP contribution in [0.2, 0.25) is 0 Å². The highest BCUT2D eigenvalue weighted by Gasteiger charge is 2.43. The molecule has 2 aliphatic rings. The largest absolute Gasteiger partial charge is 0.294 e. The van der Waals surface area contributed by atoms with Crippen LogP contribution in [0.25, 0.3) is 0 Å². The van der Waals surface area contributed by atoms with E-state index in [0.717, 1.165) is 32.8 Å². The second kappa shape index (κ2) is 4.85. The van der Waals surface area contributed by atoms with Gasteiger partial charge in [0.1, 0.15) is 0 Å². The monoisotopic (exact) mass is 466 g/mol. The van der Waals surface area contributed by atoms with E-state index in [-0.39, 0.29) is 23.4 Å².